The van der Waals surface area contributed by atoms with Crippen molar-refractivity contribution in [2.45, 2.75) is 0 Å². The summed E-state index contributed by atoms with van der Waals surface area (Å²) in [4.78, 5) is 0. The zero-order chi connectivity index (χ0) is 17.9. The Morgan fingerprint density at radius 1 is 1.04 bits per heavy atom. The van der Waals surface area contributed by atoms with E-state index in [2.05, 4.69) is 20.7 Å². The van der Waals surface area contributed by atoms with Crippen molar-refractivity contribution in [3.8, 4) is 11.3 Å². The van der Waals surface area contributed by atoms with Crippen molar-refractivity contribution in [1.82, 2.24) is 10.2 Å². The van der Waals surface area contributed by atoms with Crippen LogP contribution in [0.3, 0.4) is 0 Å². The van der Waals surface area contributed by atoms with Gasteiger partial charge in [0.05, 0.1) is 17.4 Å². The van der Waals surface area contributed by atoms with Gasteiger partial charge in [-0.15, -0.1) is 5.10 Å². The van der Waals surface area contributed by atoms with Crippen LogP contribution in [0, 0.1) is 0 Å². The third-order valence-electron chi connectivity index (χ3n) is 3.75. The van der Waals surface area contributed by atoms with Crippen molar-refractivity contribution in [1.29, 1.82) is 0 Å². The number of fused-ring (bicyclic) bond motifs is 1. The molecule has 0 spiro atoms. The van der Waals surface area contributed by atoms with Crippen LogP contribution in [-0.4, -0.2) is 16.4 Å². The van der Waals surface area contributed by atoms with Crippen molar-refractivity contribution in [3.05, 3.63) is 76.6 Å². The van der Waals surface area contributed by atoms with Crippen molar-refractivity contribution >= 4 is 46.0 Å². The van der Waals surface area contributed by atoms with E-state index in [1.807, 2.05) is 30.3 Å². The number of nitrogens with one attached hydrogen (secondary N) is 1. The summed E-state index contributed by atoms with van der Waals surface area (Å²) in [6.45, 7) is 0. The molecule has 0 aliphatic heterocycles. The molecule has 2 aromatic heterocycles. The third-order valence-corrected chi connectivity index (χ3v) is 4.32. The number of hydrogen-bond acceptors (Lipinski definition) is 5. The van der Waals surface area contributed by atoms with Crippen LogP contribution >= 0.6 is 23.2 Å². The number of rotatable bonds is 4. The standard InChI is InChI=1S/C19H12Cl2N4O/c20-13-5-7-17(21)16(9-13)18-8-6-14(26-18)11-23-25-19-15-4-2-1-3-12(15)10-22-24-19/h1-11H,(H,24,25)/b23-11-. The van der Waals surface area contributed by atoms with Crippen LogP contribution < -0.4 is 5.43 Å². The molecule has 2 heterocycles. The van der Waals surface area contributed by atoms with Gasteiger partial charge in [0, 0.05) is 21.4 Å². The first-order valence-electron chi connectivity index (χ1n) is 7.75. The SMILES string of the molecule is Clc1ccc(Cl)c(-c2ccc(/C=N\Nc3nncc4ccccc34)o2)c1. The average molecular weight is 383 g/mol. The van der Waals surface area contributed by atoms with Crippen LogP contribution in [0.2, 0.25) is 10.0 Å². The number of anilines is 1. The highest BCUT2D eigenvalue weighted by atomic mass is 35.5. The molecule has 0 radical (unpaired) electrons. The van der Waals surface area contributed by atoms with Gasteiger partial charge in [-0.2, -0.15) is 10.2 Å². The zero-order valence-corrected chi connectivity index (χ0v) is 14.9. The van der Waals surface area contributed by atoms with Crippen LogP contribution in [0.1, 0.15) is 5.76 Å². The quantitative estimate of drug-likeness (QED) is 0.366. The summed E-state index contributed by atoms with van der Waals surface area (Å²) in [6, 6.07) is 16.6. The summed E-state index contributed by atoms with van der Waals surface area (Å²) in [5, 5.41) is 15.3. The summed E-state index contributed by atoms with van der Waals surface area (Å²) in [6.07, 6.45) is 3.27. The summed E-state index contributed by atoms with van der Waals surface area (Å²) >= 11 is 12.2. The molecular formula is C19H12Cl2N4O. The summed E-state index contributed by atoms with van der Waals surface area (Å²) in [7, 11) is 0. The lowest BCUT2D eigenvalue weighted by Gasteiger charge is -2.02. The number of hydrazone groups is 1. The fraction of sp³-hybridized carbons (Fsp3) is 0. The summed E-state index contributed by atoms with van der Waals surface area (Å²) < 4.78 is 5.76. The van der Waals surface area contributed by atoms with E-state index in [-0.39, 0.29) is 0 Å². The number of nitrogens with zero attached hydrogens (tertiary/aromatic N) is 3. The van der Waals surface area contributed by atoms with E-state index in [9.17, 15) is 0 Å². The van der Waals surface area contributed by atoms with Gasteiger partial charge in [0.1, 0.15) is 11.5 Å². The van der Waals surface area contributed by atoms with E-state index >= 15 is 0 Å². The van der Waals surface area contributed by atoms with Gasteiger partial charge < -0.3 is 4.42 Å². The normalized spacial score (nSPS) is 11.3. The smallest absolute Gasteiger partial charge is 0.176 e. The predicted octanol–water partition coefficient (Wildman–Crippen LogP) is 5.64. The molecule has 2 aromatic carbocycles. The van der Waals surface area contributed by atoms with Gasteiger partial charge >= 0.3 is 0 Å². The minimum absolute atomic E-state index is 0.566. The molecule has 0 fully saturated rings. The fourth-order valence-corrected chi connectivity index (χ4v) is 2.90. The van der Waals surface area contributed by atoms with Gasteiger partial charge in [0.25, 0.3) is 0 Å². The molecule has 26 heavy (non-hydrogen) atoms. The molecular weight excluding hydrogens is 371 g/mol. The molecule has 0 atom stereocenters. The van der Waals surface area contributed by atoms with Crippen molar-refractivity contribution < 1.29 is 4.42 Å². The van der Waals surface area contributed by atoms with Gasteiger partial charge in [0.15, 0.2) is 5.82 Å². The predicted molar refractivity (Wildman–Crippen MR) is 105 cm³/mol. The van der Waals surface area contributed by atoms with Gasteiger partial charge in [-0.1, -0.05) is 47.5 Å². The maximum atomic E-state index is 6.20. The molecule has 0 saturated carbocycles. The Hall–Kier alpha value is -2.89. The molecule has 0 unspecified atom stereocenters. The van der Waals surface area contributed by atoms with E-state index < -0.39 is 0 Å². The molecule has 0 aliphatic carbocycles. The Balaban J connectivity index is 1.55. The van der Waals surface area contributed by atoms with Crippen LogP contribution in [-0.2, 0) is 0 Å². The van der Waals surface area contributed by atoms with E-state index in [1.165, 1.54) is 0 Å². The molecule has 0 saturated heterocycles. The molecule has 128 valence electrons. The highest BCUT2D eigenvalue weighted by molar-refractivity contribution is 6.35. The van der Waals surface area contributed by atoms with Crippen molar-refractivity contribution in [3.63, 3.8) is 0 Å². The number of furan rings is 1. The topological polar surface area (TPSA) is 63.3 Å². The minimum atomic E-state index is 0.566. The lowest BCUT2D eigenvalue weighted by Crippen LogP contribution is -1.96. The fourth-order valence-electron chi connectivity index (χ4n) is 2.52. The van der Waals surface area contributed by atoms with Crippen LogP contribution in [0.25, 0.3) is 22.1 Å². The molecule has 0 amide bonds. The lowest BCUT2D eigenvalue weighted by molar-refractivity contribution is 0.575. The summed E-state index contributed by atoms with van der Waals surface area (Å²) in [5.41, 5.74) is 3.62. The molecule has 7 heteroatoms. The second-order valence-corrected chi connectivity index (χ2v) is 6.32. The Morgan fingerprint density at radius 2 is 1.92 bits per heavy atom. The van der Waals surface area contributed by atoms with Gasteiger partial charge in [-0.25, -0.2) is 0 Å². The second-order valence-electron chi connectivity index (χ2n) is 5.48. The van der Waals surface area contributed by atoms with Crippen LogP contribution in [0.15, 0.2) is 70.3 Å². The van der Waals surface area contributed by atoms with E-state index in [0.29, 0.717) is 27.4 Å². The van der Waals surface area contributed by atoms with E-state index in [4.69, 9.17) is 27.6 Å². The highest BCUT2D eigenvalue weighted by Gasteiger charge is 2.09. The Kier molecular flexibility index (Phi) is 4.56. The van der Waals surface area contributed by atoms with Gasteiger partial charge in [-0.3, -0.25) is 5.43 Å². The molecule has 1 N–H and O–H groups in total. The Labute approximate surface area is 159 Å². The lowest BCUT2D eigenvalue weighted by atomic mass is 10.2. The first kappa shape index (κ1) is 16.6. The van der Waals surface area contributed by atoms with E-state index in [0.717, 1.165) is 16.3 Å². The van der Waals surface area contributed by atoms with Gasteiger partial charge in [-0.05, 0) is 30.3 Å². The van der Waals surface area contributed by atoms with Crippen molar-refractivity contribution in [2.24, 2.45) is 5.10 Å². The highest BCUT2D eigenvalue weighted by Crippen LogP contribution is 2.31. The number of hydrogen-bond donors (Lipinski definition) is 1. The first-order valence-corrected chi connectivity index (χ1v) is 8.51. The molecule has 5 nitrogen and oxygen atoms in total. The monoisotopic (exact) mass is 382 g/mol. The molecule has 0 bridgehead atoms. The average Bonchev–Trinajstić information content (AvgIpc) is 3.12. The summed E-state index contributed by atoms with van der Waals surface area (Å²) in [5.74, 6) is 1.75. The van der Waals surface area contributed by atoms with Crippen molar-refractivity contribution in [2.75, 3.05) is 5.43 Å². The Bertz CT molecular complexity index is 1100. The maximum Gasteiger partial charge on any atom is 0.176 e. The molecule has 4 rings (SSSR count). The first-order chi connectivity index (χ1) is 12.7. The van der Waals surface area contributed by atoms with Gasteiger partial charge in [0.2, 0.25) is 0 Å². The number of halogens is 2. The number of aromatic nitrogens is 2. The third kappa shape index (κ3) is 3.40. The van der Waals surface area contributed by atoms with E-state index in [1.54, 1.807) is 36.7 Å². The number of benzene rings is 2. The molecule has 0 aliphatic rings. The maximum absolute atomic E-state index is 6.20. The van der Waals surface area contributed by atoms with Crippen LogP contribution in [0.5, 0.6) is 0 Å². The second kappa shape index (κ2) is 7.15. The largest absolute Gasteiger partial charge is 0.455 e. The zero-order valence-electron chi connectivity index (χ0n) is 13.4. The minimum Gasteiger partial charge on any atom is -0.455 e. The Morgan fingerprint density at radius 3 is 2.85 bits per heavy atom. The van der Waals surface area contributed by atoms with Crippen LogP contribution in [0.4, 0.5) is 5.82 Å². The molecule has 4 aromatic rings.